The maximum Gasteiger partial charge on any atom is 0.354 e. The van der Waals surface area contributed by atoms with Gasteiger partial charge in [-0.2, -0.15) is 0 Å². The van der Waals surface area contributed by atoms with Crippen molar-refractivity contribution < 1.29 is 13.7 Å². The number of nitrogens with zero attached hydrogens (tertiary/aromatic N) is 4. The second-order valence-electron chi connectivity index (χ2n) is 6.28. The van der Waals surface area contributed by atoms with Gasteiger partial charge in [-0.1, -0.05) is 18.2 Å². The number of anilines is 4. The molecular formula is C19H15F2N5O2. The molecule has 9 heteroatoms. The molecule has 0 unspecified atom stereocenters. The highest BCUT2D eigenvalue weighted by Crippen LogP contribution is 2.40. The Bertz CT molecular complexity index is 1060. The Balaban J connectivity index is 1.81. The molecule has 142 valence electrons. The predicted octanol–water partition coefficient (Wildman–Crippen LogP) is 4.49. The SMILES string of the molecule is O=[N+]([O-])c1c(Nc2cc(F)ccc2F)ncnc1N1CCCc2ccccc21. The smallest absolute Gasteiger partial charge is 0.332 e. The minimum absolute atomic E-state index is 0.103. The fraction of sp³-hybridized carbons (Fsp3) is 0.158. The normalized spacial score (nSPS) is 13.1. The van der Waals surface area contributed by atoms with Crippen LogP contribution in [0.2, 0.25) is 0 Å². The average Bonchev–Trinajstić information content (AvgIpc) is 2.70. The molecule has 0 saturated carbocycles. The van der Waals surface area contributed by atoms with Crippen LogP contribution in [0.1, 0.15) is 12.0 Å². The first-order chi connectivity index (χ1) is 13.5. The molecule has 4 rings (SSSR count). The number of fused-ring (bicyclic) bond motifs is 1. The largest absolute Gasteiger partial charge is 0.354 e. The lowest BCUT2D eigenvalue weighted by Gasteiger charge is -2.30. The van der Waals surface area contributed by atoms with E-state index in [0.29, 0.717) is 6.54 Å². The van der Waals surface area contributed by atoms with Crippen molar-refractivity contribution in [3.05, 3.63) is 76.1 Å². The molecule has 0 aliphatic carbocycles. The quantitative estimate of drug-likeness (QED) is 0.528. The predicted molar refractivity (Wildman–Crippen MR) is 100 cm³/mol. The van der Waals surface area contributed by atoms with Crippen LogP contribution < -0.4 is 10.2 Å². The summed E-state index contributed by atoms with van der Waals surface area (Å²) in [5.74, 6) is -1.53. The Morgan fingerprint density at radius 1 is 1.14 bits per heavy atom. The zero-order valence-corrected chi connectivity index (χ0v) is 14.6. The van der Waals surface area contributed by atoms with E-state index in [0.717, 1.165) is 42.3 Å². The second kappa shape index (κ2) is 7.18. The van der Waals surface area contributed by atoms with Crippen molar-refractivity contribution in [3.63, 3.8) is 0 Å². The Labute approximate surface area is 158 Å². The summed E-state index contributed by atoms with van der Waals surface area (Å²) >= 11 is 0. The fourth-order valence-electron chi connectivity index (χ4n) is 3.30. The number of aromatic nitrogens is 2. The van der Waals surface area contributed by atoms with Crippen molar-refractivity contribution in [2.45, 2.75) is 12.8 Å². The first kappa shape index (κ1) is 17.8. The van der Waals surface area contributed by atoms with Crippen LogP contribution in [0, 0.1) is 21.7 Å². The van der Waals surface area contributed by atoms with E-state index >= 15 is 0 Å². The van der Waals surface area contributed by atoms with Gasteiger partial charge in [-0.15, -0.1) is 0 Å². The van der Waals surface area contributed by atoms with Gasteiger partial charge < -0.3 is 10.2 Å². The lowest BCUT2D eigenvalue weighted by Crippen LogP contribution is -2.26. The Morgan fingerprint density at radius 3 is 2.79 bits per heavy atom. The van der Waals surface area contributed by atoms with Crippen LogP contribution >= 0.6 is 0 Å². The number of hydrogen-bond donors (Lipinski definition) is 1. The number of rotatable bonds is 4. The summed E-state index contributed by atoms with van der Waals surface area (Å²) in [5.41, 5.74) is 1.25. The van der Waals surface area contributed by atoms with Crippen LogP contribution in [0.25, 0.3) is 0 Å². The van der Waals surface area contributed by atoms with E-state index in [1.165, 1.54) is 6.33 Å². The molecular weight excluding hydrogens is 368 g/mol. The van der Waals surface area contributed by atoms with Gasteiger partial charge in [0.25, 0.3) is 0 Å². The maximum atomic E-state index is 14.0. The van der Waals surface area contributed by atoms with Crippen molar-refractivity contribution in [1.29, 1.82) is 0 Å². The third-order valence-electron chi connectivity index (χ3n) is 4.53. The molecule has 2 heterocycles. The summed E-state index contributed by atoms with van der Waals surface area (Å²) in [6.07, 6.45) is 2.84. The Morgan fingerprint density at radius 2 is 1.96 bits per heavy atom. The highest BCUT2D eigenvalue weighted by Gasteiger charge is 2.30. The third-order valence-corrected chi connectivity index (χ3v) is 4.53. The number of para-hydroxylation sites is 1. The van der Waals surface area contributed by atoms with Gasteiger partial charge in [-0.25, -0.2) is 18.7 Å². The van der Waals surface area contributed by atoms with Crippen LogP contribution in [0.5, 0.6) is 0 Å². The molecule has 0 radical (unpaired) electrons. The summed E-state index contributed by atoms with van der Waals surface area (Å²) < 4.78 is 27.5. The van der Waals surface area contributed by atoms with Gasteiger partial charge in [-0.05, 0) is 36.6 Å². The molecule has 1 N–H and O–H groups in total. The zero-order valence-electron chi connectivity index (χ0n) is 14.6. The topological polar surface area (TPSA) is 84.2 Å². The average molecular weight is 383 g/mol. The van der Waals surface area contributed by atoms with Crippen molar-refractivity contribution in [2.24, 2.45) is 0 Å². The van der Waals surface area contributed by atoms with E-state index in [1.807, 2.05) is 24.3 Å². The van der Waals surface area contributed by atoms with Gasteiger partial charge in [0.05, 0.1) is 10.6 Å². The summed E-state index contributed by atoms with van der Waals surface area (Å²) in [6.45, 7) is 0.544. The minimum Gasteiger partial charge on any atom is -0.332 e. The molecule has 1 aliphatic rings. The van der Waals surface area contributed by atoms with Gasteiger partial charge in [0.15, 0.2) is 0 Å². The standard InChI is InChI=1S/C19H15F2N5O2/c20-13-7-8-14(21)15(10-13)24-18-17(26(27)28)19(23-11-22-18)25-9-3-5-12-4-1-2-6-16(12)25/h1-2,4,6-8,10-11H,3,5,9H2,(H,22,23,24). The molecule has 28 heavy (non-hydrogen) atoms. The lowest BCUT2D eigenvalue weighted by molar-refractivity contribution is -0.383. The molecule has 0 saturated heterocycles. The van der Waals surface area contributed by atoms with Crippen LogP contribution in [0.4, 0.5) is 37.5 Å². The number of hydrogen-bond acceptors (Lipinski definition) is 6. The highest BCUT2D eigenvalue weighted by atomic mass is 19.1. The summed E-state index contributed by atoms with van der Waals surface area (Å²) in [6, 6.07) is 10.4. The minimum atomic E-state index is -0.751. The van der Waals surface area contributed by atoms with E-state index in [4.69, 9.17) is 0 Å². The number of halogens is 2. The van der Waals surface area contributed by atoms with E-state index in [2.05, 4.69) is 15.3 Å². The molecule has 0 bridgehead atoms. The third kappa shape index (κ3) is 3.22. The molecule has 2 aromatic carbocycles. The van der Waals surface area contributed by atoms with Crippen molar-refractivity contribution in [2.75, 3.05) is 16.8 Å². The molecule has 0 fully saturated rings. The number of aryl methyl sites for hydroxylation is 1. The van der Waals surface area contributed by atoms with Gasteiger partial charge >= 0.3 is 5.69 Å². The van der Waals surface area contributed by atoms with E-state index in [1.54, 1.807) is 4.90 Å². The zero-order chi connectivity index (χ0) is 19.7. The van der Waals surface area contributed by atoms with Gasteiger partial charge in [0.1, 0.15) is 18.0 Å². The molecule has 0 atom stereocenters. The van der Waals surface area contributed by atoms with Crippen LogP contribution in [0.3, 0.4) is 0 Å². The molecule has 0 spiro atoms. The monoisotopic (exact) mass is 383 g/mol. The highest BCUT2D eigenvalue weighted by molar-refractivity contribution is 5.79. The molecule has 3 aromatic rings. The van der Waals surface area contributed by atoms with Crippen molar-refractivity contribution >= 4 is 28.7 Å². The Kier molecular flexibility index (Phi) is 4.56. The van der Waals surface area contributed by atoms with Gasteiger partial charge in [0, 0.05) is 18.3 Å². The number of nitro groups is 1. The van der Waals surface area contributed by atoms with Crippen molar-refractivity contribution in [3.8, 4) is 0 Å². The molecule has 7 nitrogen and oxygen atoms in total. The van der Waals surface area contributed by atoms with E-state index < -0.39 is 22.2 Å². The first-order valence-corrected chi connectivity index (χ1v) is 8.61. The lowest BCUT2D eigenvalue weighted by atomic mass is 10.0. The summed E-state index contributed by atoms with van der Waals surface area (Å²) in [7, 11) is 0. The molecule has 1 aromatic heterocycles. The van der Waals surface area contributed by atoms with E-state index in [9.17, 15) is 18.9 Å². The number of benzene rings is 2. The van der Waals surface area contributed by atoms with Crippen LogP contribution in [-0.2, 0) is 6.42 Å². The van der Waals surface area contributed by atoms with Crippen LogP contribution in [0.15, 0.2) is 48.8 Å². The molecule has 0 amide bonds. The summed E-state index contributed by atoms with van der Waals surface area (Å²) in [4.78, 5) is 21.0. The second-order valence-corrected chi connectivity index (χ2v) is 6.28. The molecule has 1 aliphatic heterocycles. The maximum absolute atomic E-state index is 14.0. The number of nitrogens with one attached hydrogen (secondary N) is 1. The van der Waals surface area contributed by atoms with Crippen LogP contribution in [-0.4, -0.2) is 21.4 Å². The van der Waals surface area contributed by atoms with Crippen molar-refractivity contribution in [1.82, 2.24) is 9.97 Å². The summed E-state index contributed by atoms with van der Waals surface area (Å²) in [5, 5.41) is 14.4. The van der Waals surface area contributed by atoms with E-state index in [-0.39, 0.29) is 17.3 Å². The fourth-order valence-corrected chi connectivity index (χ4v) is 3.30. The van der Waals surface area contributed by atoms with Gasteiger partial charge in [-0.3, -0.25) is 10.1 Å². The van der Waals surface area contributed by atoms with Gasteiger partial charge in [0.2, 0.25) is 11.6 Å². The first-order valence-electron chi connectivity index (χ1n) is 8.61. The Hall–Kier alpha value is -3.62.